The first-order valence-electron chi connectivity index (χ1n) is 2.95. The van der Waals surface area contributed by atoms with Crippen LogP contribution < -0.4 is 0 Å². The number of rotatable bonds is 2. The lowest BCUT2D eigenvalue weighted by molar-refractivity contribution is -0.385. The van der Waals surface area contributed by atoms with Gasteiger partial charge in [0.15, 0.2) is 0 Å². The summed E-state index contributed by atoms with van der Waals surface area (Å²) in [5.74, 6) is 0. The summed E-state index contributed by atoms with van der Waals surface area (Å²) in [6, 6.07) is 0. The predicted octanol–water partition coefficient (Wildman–Crippen LogP) is 2.22. The number of nitro groups is 1. The second-order valence-corrected chi connectivity index (χ2v) is 2.64. The zero-order valence-corrected chi connectivity index (χ0v) is 6.35. The van der Waals surface area contributed by atoms with E-state index in [1.165, 1.54) is 11.3 Å². The highest BCUT2D eigenvalue weighted by molar-refractivity contribution is 7.08. The van der Waals surface area contributed by atoms with Crippen LogP contribution in [0.2, 0.25) is 0 Å². The minimum atomic E-state index is -0.338. The van der Waals surface area contributed by atoms with E-state index in [2.05, 4.69) is 0 Å². The van der Waals surface area contributed by atoms with E-state index in [1.54, 1.807) is 5.38 Å². The Morgan fingerprint density at radius 3 is 2.80 bits per heavy atom. The number of nitrogens with zero attached hydrogens (tertiary/aromatic N) is 1. The molecule has 0 unspecified atom stereocenters. The molecule has 0 fully saturated rings. The highest BCUT2D eigenvalue weighted by Crippen LogP contribution is 2.22. The van der Waals surface area contributed by atoms with E-state index in [0.29, 0.717) is 0 Å². The van der Waals surface area contributed by atoms with Crippen molar-refractivity contribution >= 4 is 17.0 Å². The van der Waals surface area contributed by atoms with Gasteiger partial charge in [-0.25, -0.2) is 0 Å². The van der Waals surface area contributed by atoms with Crippen molar-refractivity contribution < 1.29 is 4.92 Å². The molecular weight excluding hydrogens is 150 g/mol. The summed E-state index contributed by atoms with van der Waals surface area (Å²) in [6.07, 6.45) is 0.736. The van der Waals surface area contributed by atoms with Gasteiger partial charge >= 0.3 is 0 Å². The van der Waals surface area contributed by atoms with Gasteiger partial charge in [-0.3, -0.25) is 10.1 Å². The molecule has 0 N–H and O–H groups in total. The first kappa shape index (κ1) is 7.21. The molecule has 0 bridgehead atoms. The van der Waals surface area contributed by atoms with Crippen molar-refractivity contribution in [2.24, 2.45) is 0 Å². The van der Waals surface area contributed by atoms with Gasteiger partial charge in [0.25, 0.3) is 5.69 Å². The monoisotopic (exact) mass is 157 g/mol. The summed E-state index contributed by atoms with van der Waals surface area (Å²) in [5.41, 5.74) is 1.09. The summed E-state index contributed by atoms with van der Waals surface area (Å²) in [7, 11) is 0. The first-order chi connectivity index (χ1) is 4.75. The Hall–Kier alpha value is -0.900. The Bertz CT molecular complexity index is 244. The van der Waals surface area contributed by atoms with E-state index >= 15 is 0 Å². The average Bonchev–Trinajstić information content (AvgIpc) is 2.33. The quantitative estimate of drug-likeness (QED) is 0.488. The van der Waals surface area contributed by atoms with E-state index in [1.807, 2.05) is 12.3 Å². The second-order valence-electron chi connectivity index (χ2n) is 1.89. The Balaban J connectivity index is 3.01. The maximum absolute atomic E-state index is 10.3. The molecule has 1 aromatic rings. The van der Waals surface area contributed by atoms with Crippen molar-refractivity contribution in [1.82, 2.24) is 0 Å². The third kappa shape index (κ3) is 1.16. The molecule has 1 heterocycles. The molecule has 0 atom stereocenters. The van der Waals surface area contributed by atoms with Gasteiger partial charge < -0.3 is 0 Å². The van der Waals surface area contributed by atoms with Gasteiger partial charge in [0.2, 0.25) is 0 Å². The van der Waals surface area contributed by atoms with Crippen LogP contribution in [0, 0.1) is 10.1 Å². The molecule has 0 saturated carbocycles. The van der Waals surface area contributed by atoms with Crippen LogP contribution in [0.15, 0.2) is 10.8 Å². The minimum absolute atomic E-state index is 0.257. The van der Waals surface area contributed by atoms with Crippen LogP contribution in [0.5, 0.6) is 0 Å². The molecule has 0 aliphatic carbocycles. The smallest absolute Gasteiger partial charge is 0.258 e. The zero-order chi connectivity index (χ0) is 7.56. The molecule has 0 spiro atoms. The lowest BCUT2D eigenvalue weighted by Gasteiger charge is -1.88. The van der Waals surface area contributed by atoms with Crippen molar-refractivity contribution in [1.29, 1.82) is 0 Å². The highest BCUT2D eigenvalue weighted by Gasteiger charge is 2.11. The molecule has 0 aromatic carbocycles. The predicted molar refractivity (Wildman–Crippen MR) is 40.4 cm³/mol. The summed E-state index contributed by atoms with van der Waals surface area (Å²) in [4.78, 5) is 9.92. The lowest BCUT2D eigenvalue weighted by atomic mass is 10.2. The van der Waals surface area contributed by atoms with Crippen LogP contribution in [-0.2, 0) is 6.42 Å². The molecule has 3 nitrogen and oxygen atoms in total. The minimum Gasteiger partial charge on any atom is -0.258 e. The lowest BCUT2D eigenvalue weighted by Crippen LogP contribution is -1.88. The molecule has 4 heteroatoms. The van der Waals surface area contributed by atoms with E-state index in [9.17, 15) is 10.1 Å². The molecule has 1 aromatic heterocycles. The van der Waals surface area contributed by atoms with Crippen LogP contribution >= 0.6 is 11.3 Å². The summed E-state index contributed by atoms with van der Waals surface area (Å²) in [5, 5.41) is 13.6. The fourth-order valence-corrected chi connectivity index (χ4v) is 1.63. The molecule has 0 aliphatic rings. The van der Waals surface area contributed by atoms with Crippen LogP contribution in [0.25, 0.3) is 0 Å². The molecule has 1 rings (SSSR count). The van der Waals surface area contributed by atoms with E-state index < -0.39 is 0 Å². The van der Waals surface area contributed by atoms with Crippen molar-refractivity contribution in [2.45, 2.75) is 13.3 Å². The molecule has 10 heavy (non-hydrogen) atoms. The van der Waals surface area contributed by atoms with Crippen LogP contribution in [0.1, 0.15) is 12.5 Å². The van der Waals surface area contributed by atoms with Crippen molar-refractivity contribution in [2.75, 3.05) is 0 Å². The fraction of sp³-hybridized carbons (Fsp3) is 0.333. The molecule has 0 amide bonds. The molecule has 0 radical (unpaired) electrons. The van der Waals surface area contributed by atoms with Crippen molar-refractivity contribution in [3.05, 3.63) is 26.4 Å². The SMILES string of the molecule is CCc1cscc1[N+](=O)[O-]. The molecule has 0 saturated heterocycles. The first-order valence-corrected chi connectivity index (χ1v) is 3.89. The molecular formula is C6H7NO2S. The summed E-state index contributed by atoms with van der Waals surface area (Å²) < 4.78 is 0. The Kier molecular flexibility index (Phi) is 2.01. The Morgan fingerprint density at radius 1 is 1.70 bits per heavy atom. The molecule has 54 valence electrons. The van der Waals surface area contributed by atoms with E-state index in [0.717, 1.165) is 12.0 Å². The number of hydrogen-bond acceptors (Lipinski definition) is 3. The Labute approximate surface area is 62.5 Å². The summed E-state index contributed by atoms with van der Waals surface area (Å²) in [6.45, 7) is 1.91. The number of hydrogen-bond donors (Lipinski definition) is 0. The van der Waals surface area contributed by atoms with Gasteiger partial charge in [-0.15, -0.1) is 11.3 Å². The Morgan fingerprint density at radius 2 is 2.40 bits per heavy atom. The van der Waals surface area contributed by atoms with E-state index in [-0.39, 0.29) is 10.6 Å². The van der Waals surface area contributed by atoms with Crippen LogP contribution in [0.3, 0.4) is 0 Å². The summed E-state index contributed by atoms with van der Waals surface area (Å²) >= 11 is 1.38. The second kappa shape index (κ2) is 2.79. The highest BCUT2D eigenvalue weighted by atomic mass is 32.1. The maximum Gasteiger partial charge on any atom is 0.283 e. The largest absolute Gasteiger partial charge is 0.283 e. The standard InChI is InChI=1S/C6H7NO2S/c1-2-5-3-10-4-6(5)7(8)9/h3-4H,2H2,1H3. The van der Waals surface area contributed by atoms with Gasteiger partial charge in [0.05, 0.1) is 10.3 Å². The topological polar surface area (TPSA) is 43.1 Å². The van der Waals surface area contributed by atoms with E-state index in [4.69, 9.17) is 0 Å². The number of aryl methyl sites for hydroxylation is 1. The zero-order valence-electron chi connectivity index (χ0n) is 5.53. The van der Waals surface area contributed by atoms with Gasteiger partial charge in [-0.1, -0.05) is 6.92 Å². The average molecular weight is 157 g/mol. The van der Waals surface area contributed by atoms with Crippen molar-refractivity contribution in [3.8, 4) is 0 Å². The van der Waals surface area contributed by atoms with Crippen LogP contribution in [-0.4, -0.2) is 4.92 Å². The maximum atomic E-state index is 10.3. The van der Waals surface area contributed by atoms with Gasteiger partial charge in [0, 0.05) is 10.9 Å². The fourth-order valence-electron chi connectivity index (χ4n) is 0.741. The van der Waals surface area contributed by atoms with Gasteiger partial charge in [0.1, 0.15) is 0 Å². The molecule has 0 aliphatic heterocycles. The third-order valence-electron chi connectivity index (χ3n) is 1.30. The van der Waals surface area contributed by atoms with Crippen LogP contribution in [0.4, 0.5) is 5.69 Å². The van der Waals surface area contributed by atoms with Crippen molar-refractivity contribution in [3.63, 3.8) is 0 Å². The normalized spacial score (nSPS) is 9.70. The number of thiophene rings is 1. The van der Waals surface area contributed by atoms with Gasteiger partial charge in [-0.05, 0) is 6.42 Å². The van der Waals surface area contributed by atoms with Gasteiger partial charge in [-0.2, -0.15) is 0 Å². The third-order valence-corrected chi connectivity index (χ3v) is 2.08.